The van der Waals surface area contributed by atoms with Gasteiger partial charge in [-0.2, -0.15) is 0 Å². The minimum atomic E-state index is 0.649. The molecule has 1 nitrogen and oxygen atoms in total. The standard InChI is InChI=1S/C16H21N/c1-2-6-13(7-3-1)12-14-8-4-5-9-16(14)17-15-10-11-15/h1-3,6-7,12,15-17H,4-5,8-11H2/b14-12-. The number of benzene rings is 1. The molecule has 1 aromatic carbocycles. The Hall–Kier alpha value is -1.08. The quantitative estimate of drug-likeness (QED) is 0.829. The fourth-order valence-electron chi connectivity index (χ4n) is 2.70. The van der Waals surface area contributed by atoms with Crippen molar-refractivity contribution in [2.45, 2.75) is 50.6 Å². The summed E-state index contributed by atoms with van der Waals surface area (Å²) in [4.78, 5) is 0. The molecule has 1 heteroatoms. The Kier molecular flexibility index (Phi) is 3.28. The summed E-state index contributed by atoms with van der Waals surface area (Å²) in [6.07, 6.45) is 10.5. The van der Waals surface area contributed by atoms with E-state index in [0.29, 0.717) is 6.04 Å². The molecule has 90 valence electrons. The van der Waals surface area contributed by atoms with Gasteiger partial charge >= 0.3 is 0 Å². The fourth-order valence-corrected chi connectivity index (χ4v) is 2.70. The highest BCUT2D eigenvalue weighted by Crippen LogP contribution is 2.29. The highest BCUT2D eigenvalue weighted by atomic mass is 15.0. The van der Waals surface area contributed by atoms with Crippen molar-refractivity contribution in [3.8, 4) is 0 Å². The van der Waals surface area contributed by atoms with Gasteiger partial charge in [-0.3, -0.25) is 0 Å². The molecule has 1 aromatic rings. The van der Waals surface area contributed by atoms with E-state index in [1.807, 2.05) is 0 Å². The molecule has 0 aliphatic heterocycles. The molecule has 3 rings (SSSR count). The van der Waals surface area contributed by atoms with Gasteiger partial charge in [-0.05, 0) is 37.7 Å². The maximum atomic E-state index is 3.79. The van der Waals surface area contributed by atoms with Crippen LogP contribution < -0.4 is 5.32 Å². The van der Waals surface area contributed by atoms with Crippen molar-refractivity contribution in [1.82, 2.24) is 5.32 Å². The first-order valence-corrected chi connectivity index (χ1v) is 6.93. The first kappa shape index (κ1) is 11.0. The Balaban J connectivity index is 1.75. The van der Waals surface area contributed by atoms with Gasteiger partial charge in [-0.1, -0.05) is 48.4 Å². The molecule has 0 amide bonds. The fraction of sp³-hybridized carbons (Fsp3) is 0.500. The molecule has 0 aromatic heterocycles. The lowest BCUT2D eigenvalue weighted by Crippen LogP contribution is -2.34. The SMILES string of the molecule is C(=C1\CCCCC1NC1CC1)/c1ccccc1. The normalized spacial score (nSPS) is 27.3. The minimum Gasteiger partial charge on any atom is -0.307 e. The smallest absolute Gasteiger partial charge is 0.0285 e. The summed E-state index contributed by atoms with van der Waals surface area (Å²) in [7, 11) is 0. The third kappa shape index (κ3) is 2.98. The molecule has 2 saturated carbocycles. The first-order valence-electron chi connectivity index (χ1n) is 6.93. The van der Waals surface area contributed by atoms with Crippen molar-refractivity contribution in [3.63, 3.8) is 0 Å². The van der Waals surface area contributed by atoms with Crippen LogP contribution in [0.5, 0.6) is 0 Å². The molecule has 1 N–H and O–H groups in total. The molecule has 1 unspecified atom stereocenters. The van der Waals surface area contributed by atoms with Crippen LogP contribution in [-0.4, -0.2) is 12.1 Å². The minimum absolute atomic E-state index is 0.649. The monoisotopic (exact) mass is 227 g/mol. The van der Waals surface area contributed by atoms with Crippen molar-refractivity contribution in [2.24, 2.45) is 0 Å². The summed E-state index contributed by atoms with van der Waals surface area (Å²) < 4.78 is 0. The van der Waals surface area contributed by atoms with Crippen LogP contribution in [0.3, 0.4) is 0 Å². The van der Waals surface area contributed by atoms with Crippen molar-refractivity contribution >= 4 is 6.08 Å². The van der Waals surface area contributed by atoms with Crippen LogP contribution in [-0.2, 0) is 0 Å². The lowest BCUT2D eigenvalue weighted by molar-refractivity contribution is 0.454. The van der Waals surface area contributed by atoms with Gasteiger partial charge in [0.1, 0.15) is 0 Å². The van der Waals surface area contributed by atoms with Gasteiger partial charge in [-0.15, -0.1) is 0 Å². The third-order valence-electron chi connectivity index (χ3n) is 3.82. The largest absolute Gasteiger partial charge is 0.307 e. The van der Waals surface area contributed by atoms with Crippen LogP contribution in [0.15, 0.2) is 35.9 Å². The van der Waals surface area contributed by atoms with Gasteiger partial charge in [0.15, 0.2) is 0 Å². The van der Waals surface area contributed by atoms with E-state index in [-0.39, 0.29) is 0 Å². The van der Waals surface area contributed by atoms with E-state index in [2.05, 4.69) is 41.7 Å². The zero-order chi connectivity index (χ0) is 11.5. The second-order valence-corrected chi connectivity index (χ2v) is 5.37. The van der Waals surface area contributed by atoms with E-state index in [9.17, 15) is 0 Å². The average molecular weight is 227 g/mol. The van der Waals surface area contributed by atoms with E-state index in [1.54, 1.807) is 5.57 Å². The number of hydrogen-bond acceptors (Lipinski definition) is 1. The topological polar surface area (TPSA) is 12.0 Å². The van der Waals surface area contributed by atoms with Crippen molar-refractivity contribution in [2.75, 3.05) is 0 Å². The number of nitrogens with one attached hydrogen (secondary N) is 1. The molecule has 17 heavy (non-hydrogen) atoms. The molecule has 2 aliphatic rings. The van der Waals surface area contributed by atoms with Gasteiger partial charge in [0.05, 0.1) is 0 Å². The molecule has 0 saturated heterocycles. The van der Waals surface area contributed by atoms with E-state index < -0.39 is 0 Å². The van der Waals surface area contributed by atoms with Crippen molar-refractivity contribution in [1.29, 1.82) is 0 Å². The van der Waals surface area contributed by atoms with E-state index in [1.165, 1.54) is 44.1 Å². The Morgan fingerprint density at radius 2 is 1.82 bits per heavy atom. The summed E-state index contributed by atoms with van der Waals surface area (Å²) in [5.74, 6) is 0. The summed E-state index contributed by atoms with van der Waals surface area (Å²) in [6, 6.07) is 12.2. The maximum Gasteiger partial charge on any atom is 0.0285 e. The van der Waals surface area contributed by atoms with Crippen LogP contribution >= 0.6 is 0 Å². The molecule has 0 spiro atoms. The first-order chi connectivity index (χ1) is 8.42. The molecule has 2 aliphatic carbocycles. The van der Waals surface area contributed by atoms with Crippen LogP contribution in [0.1, 0.15) is 44.1 Å². The van der Waals surface area contributed by atoms with Gasteiger partial charge in [0, 0.05) is 12.1 Å². The Labute approximate surface area is 104 Å². The second kappa shape index (κ2) is 5.05. The van der Waals surface area contributed by atoms with Gasteiger partial charge in [0.25, 0.3) is 0 Å². The summed E-state index contributed by atoms with van der Waals surface area (Å²) in [5.41, 5.74) is 2.97. The molecule has 0 bridgehead atoms. The zero-order valence-electron chi connectivity index (χ0n) is 10.4. The maximum absolute atomic E-state index is 3.79. The molecule has 1 atom stereocenters. The summed E-state index contributed by atoms with van der Waals surface area (Å²) >= 11 is 0. The number of rotatable bonds is 3. The predicted octanol–water partition coefficient (Wildman–Crippen LogP) is 3.76. The van der Waals surface area contributed by atoms with Gasteiger partial charge in [0.2, 0.25) is 0 Å². The van der Waals surface area contributed by atoms with Crippen LogP contribution in [0.2, 0.25) is 0 Å². The third-order valence-corrected chi connectivity index (χ3v) is 3.82. The summed E-state index contributed by atoms with van der Waals surface area (Å²) in [6.45, 7) is 0. The summed E-state index contributed by atoms with van der Waals surface area (Å²) in [5, 5.41) is 3.79. The van der Waals surface area contributed by atoms with Crippen LogP contribution in [0.4, 0.5) is 0 Å². The van der Waals surface area contributed by atoms with E-state index in [0.717, 1.165) is 6.04 Å². The van der Waals surface area contributed by atoms with Crippen molar-refractivity contribution < 1.29 is 0 Å². The number of hydrogen-bond donors (Lipinski definition) is 1. The highest BCUT2D eigenvalue weighted by Gasteiger charge is 2.27. The molecule has 2 fully saturated rings. The second-order valence-electron chi connectivity index (χ2n) is 5.37. The predicted molar refractivity (Wildman–Crippen MR) is 72.8 cm³/mol. The lowest BCUT2D eigenvalue weighted by atomic mass is 9.88. The highest BCUT2D eigenvalue weighted by molar-refractivity contribution is 5.54. The van der Waals surface area contributed by atoms with Crippen LogP contribution in [0, 0.1) is 0 Å². The average Bonchev–Trinajstić information content (AvgIpc) is 3.17. The van der Waals surface area contributed by atoms with Crippen molar-refractivity contribution in [3.05, 3.63) is 41.5 Å². The van der Waals surface area contributed by atoms with Gasteiger partial charge in [-0.25, -0.2) is 0 Å². The Morgan fingerprint density at radius 1 is 1.00 bits per heavy atom. The Morgan fingerprint density at radius 3 is 2.59 bits per heavy atom. The molecule has 0 radical (unpaired) electrons. The molecular weight excluding hydrogens is 206 g/mol. The van der Waals surface area contributed by atoms with E-state index >= 15 is 0 Å². The van der Waals surface area contributed by atoms with Gasteiger partial charge < -0.3 is 5.32 Å². The Bertz CT molecular complexity index is 389. The van der Waals surface area contributed by atoms with E-state index in [4.69, 9.17) is 0 Å². The molecular formula is C16H21N. The zero-order valence-corrected chi connectivity index (χ0v) is 10.4. The molecule has 0 heterocycles. The van der Waals surface area contributed by atoms with Crippen LogP contribution in [0.25, 0.3) is 6.08 Å². The lowest BCUT2D eigenvalue weighted by Gasteiger charge is -2.26.